The second-order valence-corrected chi connectivity index (χ2v) is 12.2. The molecule has 1 fully saturated rings. The molecule has 0 amide bonds. The first-order valence-corrected chi connectivity index (χ1v) is 15.7. The quantitative estimate of drug-likeness (QED) is 0.169. The van der Waals surface area contributed by atoms with Crippen LogP contribution in [0.15, 0.2) is 129 Å². The van der Waals surface area contributed by atoms with Crippen molar-refractivity contribution in [3.8, 4) is 11.5 Å². The van der Waals surface area contributed by atoms with E-state index in [2.05, 4.69) is 10.5 Å². The molecule has 6 rings (SSSR count). The number of benzene rings is 4. The Morgan fingerprint density at radius 2 is 1.44 bits per heavy atom. The van der Waals surface area contributed by atoms with E-state index in [0.29, 0.717) is 5.56 Å². The lowest BCUT2D eigenvalue weighted by Gasteiger charge is -2.31. The van der Waals surface area contributed by atoms with Crippen LogP contribution in [0, 0.1) is 5.92 Å². The maximum Gasteiger partial charge on any atom is 0.284 e. The van der Waals surface area contributed by atoms with Gasteiger partial charge in [0.15, 0.2) is 5.84 Å². The highest BCUT2D eigenvalue weighted by atomic mass is 32.2. The van der Waals surface area contributed by atoms with E-state index in [-0.39, 0.29) is 22.7 Å². The molecule has 0 unspecified atom stereocenters. The number of ether oxygens (including phenoxy) is 2. The van der Waals surface area contributed by atoms with Crippen LogP contribution in [0.4, 0.5) is 0 Å². The molecule has 8 heteroatoms. The number of hydrogen-bond donors (Lipinski definition) is 0. The van der Waals surface area contributed by atoms with Crippen molar-refractivity contribution in [1.82, 2.24) is 5.01 Å². The number of allylic oxidation sites excluding steroid dienone is 1. The fraction of sp³-hybridized carbons (Fsp3) is 0.200. The fourth-order valence-corrected chi connectivity index (χ4v) is 6.81. The van der Waals surface area contributed by atoms with Gasteiger partial charge >= 0.3 is 0 Å². The van der Waals surface area contributed by atoms with Crippen LogP contribution in [0.2, 0.25) is 0 Å². The van der Waals surface area contributed by atoms with Gasteiger partial charge in [-0.2, -0.15) is 13.5 Å². The van der Waals surface area contributed by atoms with Crippen LogP contribution in [0.3, 0.4) is 0 Å². The Balaban J connectivity index is 1.52. The minimum Gasteiger partial charge on any atom is -0.497 e. The molecule has 43 heavy (non-hydrogen) atoms. The molecule has 218 valence electrons. The molecule has 1 saturated carbocycles. The van der Waals surface area contributed by atoms with Gasteiger partial charge in [0.25, 0.3) is 10.0 Å². The van der Waals surface area contributed by atoms with Gasteiger partial charge in [-0.05, 0) is 78.4 Å². The van der Waals surface area contributed by atoms with E-state index >= 15 is 0 Å². The zero-order valence-electron chi connectivity index (χ0n) is 24.1. The van der Waals surface area contributed by atoms with Crippen molar-refractivity contribution in [2.75, 3.05) is 14.2 Å². The molecule has 0 bridgehead atoms. The summed E-state index contributed by atoms with van der Waals surface area (Å²) in [5.41, 5.74) is 4.84. The molecule has 0 aromatic heterocycles. The molecular formula is C35H33N3O4S. The van der Waals surface area contributed by atoms with E-state index in [4.69, 9.17) is 14.6 Å². The summed E-state index contributed by atoms with van der Waals surface area (Å²) >= 11 is 0. The van der Waals surface area contributed by atoms with Gasteiger partial charge in [-0.25, -0.2) is 5.01 Å². The molecule has 1 aliphatic carbocycles. The monoisotopic (exact) mass is 591 g/mol. The van der Waals surface area contributed by atoms with Crippen molar-refractivity contribution < 1.29 is 17.9 Å². The number of nitrogens with zero attached hydrogens (tertiary/aromatic N) is 3. The highest BCUT2D eigenvalue weighted by Crippen LogP contribution is 2.45. The molecule has 0 spiro atoms. The topological polar surface area (TPSA) is 80.6 Å². The molecule has 0 saturated heterocycles. The zero-order valence-corrected chi connectivity index (χ0v) is 24.9. The lowest BCUT2D eigenvalue weighted by Crippen LogP contribution is -2.33. The van der Waals surface area contributed by atoms with Gasteiger partial charge < -0.3 is 9.47 Å². The Morgan fingerprint density at radius 1 is 0.837 bits per heavy atom. The molecule has 1 aliphatic heterocycles. The minimum absolute atomic E-state index is 0.0417. The van der Waals surface area contributed by atoms with Crippen molar-refractivity contribution in [2.45, 2.75) is 30.2 Å². The van der Waals surface area contributed by atoms with Crippen LogP contribution >= 0.6 is 0 Å². The number of sulfonamides is 1. The van der Waals surface area contributed by atoms with E-state index in [1.54, 1.807) is 44.6 Å². The van der Waals surface area contributed by atoms with Gasteiger partial charge in [0.1, 0.15) is 11.5 Å². The number of hydrogen-bond acceptors (Lipinski definition) is 5. The number of methoxy groups -OCH3 is 2. The van der Waals surface area contributed by atoms with Crippen molar-refractivity contribution in [3.05, 3.63) is 131 Å². The predicted octanol–water partition coefficient (Wildman–Crippen LogP) is 7.14. The molecule has 0 radical (unpaired) electrons. The summed E-state index contributed by atoms with van der Waals surface area (Å²) in [5.74, 6) is 1.88. The van der Waals surface area contributed by atoms with Crippen molar-refractivity contribution in [3.63, 3.8) is 0 Å². The highest BCUT2D eigenvalue weighted by molar-refractivity contribution is 7.90. The lowest BCUT2D eigenvalue weighted by atomic mass is 9.77. The van der Waals surface area contributed by atoms with Crippen LogP contribution in [-0.4, -0.2) is 39.2 Å². The Hall–Kier alpha value is -4.69. The summed E-state index contributed by atoms with van der Waals surface area (Å²) in [4.78, 5) is 0.133. The minimum atomic E-state index is -4.03. The molecule has 7 nitrogen and oxygen atoms in total. The van der Waals surface area contributed by atoms with Gasteiger partial charge in [-0.3, -0.25) is 0 Å². The Kier molecular flexibility index (Phi) is 8.11. The third-order valence-corrected chi connectivity index (χ3v) is 9.19. The largest absolute Gasteiger partial charge is 0.497 e. The summed E-state index contributed by atoms with van der Waals surface area (Å²) in [7, 11) is -0.732. The lowest BCUT2D eigenvalue weighted by molar-refractivity contribution is 0.304. The second kappa shape index (κ2) is 12.3. The van der Waals surface area contributed by atoms with Crippen LogP contribution in [-0.2, 0) is 10.0 Å². The van der Waals surface area contributed by atoms with Gasteiger partial charge in [-0.15, -0.1) is 4.40 Å². The van der Waals surface area contributed by atoms with Crippen LogP contribution in [0.25, 0.3) is 6.08 Å². The van der Waals surface area contributed by atoms with Crippen molar-refractivity contribution in [1.29, 1.82) is 0 Å². The fourth-order valence-electron chi connectivity index (χ4n) is 5.78. The first-order valence-electron chi connectivity index (χ1n) is 14.3. The van der Waals surface area contributed by atoms with Gasteiger partial charge in [0.05, 0.1) is 30.9 Å². The summed E-state index contributed by atoms with van der Waals surface area (Å²) < 4.78 is 42.6. The number of hydrazone groups is 1. The maximum absolute atomic E-state index is 13.7. The van der Waals surface area contributed by atoms with Crippen LogP contribution < -0.4 is 9.47 Å². The van der Waals surface area contributed by atoms with Crippen molar-refractivity contribution >= 4 is 27.6 Å². The molecular weight excluding hydrogens is 558 g/mol. The van der Waals surface area contributed by atoms with E-state index < -0.39 is 10.0 Å². The second-order valence-electron chi connectivity index (χ2n) is 10.6. The molecule has 2 aliphatic rings. The zero-order chi connectivity index (χ0) is 29.8. The maximum atomic E-state index is 13.7. The van der Waals surface area contributed by atoms with Crippen LogP contribution in [0.5, 0.6) is 11.5 Å². The summed E-state index contributed by atoms with van der Waals surface area (Å²) in [6.07, 6.45) is 4.97. The molecule has 0 N–H and O–H groups in total. The Bertz CT molecular complexity index is 1770. The average Bonchev–Trinajstić information content (AvgIpc) is 3.45. The normalized spacial score (nSPS) is 19.6. The van der Waals surface area contributed by atoms with E-state index in [9.17, 15) is 8.42 Å². The van der Waals surface area contributed by atoms with Gasteiger partial charge in [-0.1, -0.05) is 72.8 Å². The Labute approximate surface area is 252 Å². The summed E-state index contributed by atoms with van der Waals surface area (Å²) in [5, 5.41) is 7.03. The third-order valence-electron chi connectivity index (χ3n) is 7.91. The van der Waals surface area contributed by atoms with Gasteiger partial charge in [0, 0.05) is 11.5 Å². The summed E-state index contributed by atoms with van der Waals surface area (Å²) in [6.45, 7) is 0. The SMILES string of the molecule is COc1ccc(/C=C2\CCC[C@@H]3C2=NN(C(=NS(=O)(=O)c2ccccc2)c2ccccc2)[C@H]3c2ccc(OC)cc2)cc1. The highest BCUT2D eigenvalue weighted by Gasteiger charge is 2.43. The average molecular weight is 592 g/mol. The first-order chi connectivity index (χ1) is 21.0. The molecule has 2 atom stereocenters. The smallest absolute Gasteiger partial charge is 0.284 e. The van der Waals surface area contributed by atoms with E-state index in [1.165, 1.54) is 0 Å². The third kappa shape index (κ3) is 5.96. The molecule has 4 aromatic rings. The Morgan fingerprint density at radius 3 is 2.07 bits per heavy atom. The van der Waals surface area contributed by atoms with Crippen molar-refractivity contribution in [2.24, 2.45) is 15.4 Å². The van der Waals surface area contributed by atoms with E-state index in [1.807, 2.05) is 83.9 Å². The molecule has 1 heterocycles. The predicted molar refractivity (Wildman–Crippen MR) is 170 cm³/mol. The standard InChI is InChI=1S/C35H33N3O4S/c1-41-29-20-16-25(17-21-29)24-28-12-9-15-32-33(28)36-38(34(32)26-18-22-30(42-2)23-19-26)35(27-10-5-3-6-11-27)37-43(39,40)31-13-7-4-8-14-31/h3-8,10-11,13-14,16-24,32,34H,9,12,15H2,1-2H3/b28-24+,37-35?/t32-,34+/m1/s1. The molecule has 4 aromatic carbocycles. The van der Waals surface area contributed by atoms with Gasteiger partial charge in [0.2, 0.25) is 0 Å². The number of amidine groups is 1. The van der Waals surface area contributed by atoms with Crippen LogP contribution in [0.1, 0.15) is 42.0 Å². The van der Waals surface area contributed by atoms with E-state index in [0.717, 1.165) is 53.2 Å². The number of fused-ring (bicyclic) bond motifs is 1. The number of rotatable bonds is 7. The first kappa shape index (κ1) is 28.4. The summed E-state index contributed by atoms with van der Waals surface area (Å²) in [6, 6.07) is 33.4.